The van der Waals surface area contributed by atoms with E-state index < -0.39 is 0 Å². The zero-order valence-corrected chi connectivity index (χ0v) is 14.3. The Morgan fingerprint density at radius 2 is 2.08 bits per heavy atom. The van der Waals surface area contributed by atoms with Crippen molar-refractivity contribution in [2.75, 3.05) is 20.2 Å². The maximum absolute atomic E-state index is 12.6. The number of carbonyl (C=O) groups is 1. The third-order valence-electron chi connectivity index (χ3n) is 4.20. The smallest absolute Gasteiger partial charge is 0.255 e. The van der Waals surface area contributed by atoms with Gasteiger partial charge in [0.05, 0.1) is 24.0 Å². The van der Waals surface area contributed by atoms with Gasteiger partial charge in [-0.1, -0.05) is 12.1 Å². The number of nitrogens with one attached hydrogen (secondary N) is 1. The maximum Gasteiger partial charge on any atom is 0.255 e. The molecule has 1 aliphatic rings. The largest absolute Gasteiger partial charge is 0.486 e. The number of rotatable bonds is 4. The van der Waals surface area contributed by atoms with Gasteiger partial charge >= 0.3 is 0 Å². The quantitative estimate of drug-likeness (QED) is 0.781. The number of hydrogen-bond acceptors (Lipinski definition) is 5. The number of H-pyrrole nitrogens is 1. The van der Waals surface area contributed by atoms with Gasteiger partial charge < -0.3 is 14.4 Å². The van der Waals surface area contributed by atoms with Crippen LogP contribution in [-0.4, -0.2) is 52.3 Å². The average molecular weight is 350 g/mol. The van der Waals surface area contributed by atoms with Crippen molar-refractivity contribution in [2.24, 2.45) is 0 Å². The van der Waals surface area contributed by atoms with Crippen molar-refractivity contribution in [1.82, 2.24) is 20.1 Å². The van der Waals surface area contributed by atoms with Crippen molar-refractivity contribution in [3.63, 3.8) is 0 Å². The number of fused-ring (bicyclic) bond motifs is 1. The van der Waals surface area contributed by atoms with Crippen LogP contribution in [0.15, 0.2) is 55.0 Å². The molecule has 1 N–H and O–H groups in total. The maximum atomic E-state index is 12.6. The molecule has 0 saturated heterocycles. The van der Waals surface area contributed by atoms with Crippen LogP contribution in [0.5, 0.6) is 11.5 Å². The van der Waals surface area contributed by atoms with Crippen molar-refractivity contribution < 1.29 is 14.3 Å². The van der Waals surface area contributed by atoms with Crippen LogP contribution in [0.3, 0.4) is 0 Å². The highest BCUT2D eigenvalue weighted by Gasteiger charge is 2.24. The Morgan fingerprint density at radius 3 is 2.81 bits per heavy atom. The SMILES string of the molecule is CN(C[C@@H]1COc2ccccc2O1)C(=O)c1ccc(-c2cn[nH]c2)nc1. The minimum atomic E-state index is -0.211. The summed E-state index contributed by atoms with van der Waals surface area (Å²) in [5.74, 6) is 1.33. The third-order valence-corrected chi connectivity index (χ3v) is 4.20. The summed E-state index contributed by atoms with van der Waals surface area (Å²) >= 11 is 0. The summed E-state index contributed by atoms with van der Waals surface area (Å²) in [4.78, 5) is 18.6. The molecular formula is C19H18N4O3. The second-order valence-electron chi connectivity index (χ2n) is 6.10. The monoisotopic (exact) mass is 350 g/mol. The summed E-state index contributed by atoms with van der Waals surface area (Å²) in [6.07, 6.45) is 4.81. The number of carbonyl (C=O) groups excluding carboxylic acids is 1. The Labute approximate surface area is 150 Å². The molecule has 3 aromatic rings. The number of aromatic amines is 1. The first-order valence-corrected chi connectivity index (χ1v) is 8.30. The van der Waals surface area contributed by atoms with Crippen molar-refractivity contribution >= 4 is 5.91 Å². The van der Waals surface area contributed by atoms with Gasteiger partial charge in [0.15, 0.2) is 17.6 Å². The molecule has 0 bridgehead atoms. The molecule has 1 aromatic carbocycles. The van der Waals surface area contributed by atoms with E-state index in [2.05, 4.69) is 15.2 Å². The standard InChI is InChI=1S/C19H18N4O3/c1-23(11-15-12-25-17-4-2-3-5-18(17)26-15)19(24)13-6-7-16(20-8-13)14-9-21-22-10-14/h2-10,15H,11-12H2,1H3,(H,21,22)/t15-/m1/s1. The number of nitrogens with zero attached hydrogens (tertiary/aromatic N) is 3. The lowest BCUT2D eigenvalue weighted by Gasteiger charge is -2.29. The van der Waals surface area contributed by atoms with Crippen LogP contribution in [0, 0.1) is 0 Å². The zero-order chi connectivity index (χ0) is 17.9. The molecule has 0 aliphatic carbocycles. The van der Waals surface area contributed by atoms with Crippen LogP contribution in [0.2, 0.25) is 0 Å². The molecule has 1 atom stereocenters. The summed E-state index contributed by atoms with van der Waals surface area (Å²) in [5.41, 5.74) is 2.17. The number of benzene rings is 1. The van der Waals surface area contributed by atoms with E-state index in [0.717, 1.165) is 17.0 Å². The molecule has 1 aliphatic heterocycles. The predicted octanol–water partition coefficient (Wildman–Crippen LogP) is 2.38. The van der Waals surface area contributed by atoms with Gasteiger partial charge in [-0.05, 0) is 24.3 Å². The molecule has 0 radical (unpaired) electrons. The molecule has 26 heavy (non-hydrogen) atoms. The fraction of sp³-hybridized carbons (Fsp3) is 0.211. The first-order valence-electron chi connectivity index (χ1n) is 8.30. The van der Waals surface area contributed by atoms with Gasteiger partial charge in [-0.25, -0.2) is 0 Å². The lowest BCUT2D eigenvalue weighted by atomic mass is 10.2. The first kappa shape index (κ1) is 16.1. The van der Waals surface area contributed by atoms with Crippen LogP contribution >= 0.6 is 0 Å². The fourth-order valence-corrected chi connectivity index (χ4v) is 2.84. The van der Waals surface area contributed by atoms with Crippen LogP contribution < -0.4 is 9.47 Å². The zero-order valence-electron chi connectivity index (χ0n) is 14.3. The first-order chi connectivity index (χ1) is 12.7. The number of ether oxygens (including phenoxy) is 2. The molecule has 2 aromatic heterocycles. The molecule has 132 valence electrons. The van der Waals surface area contributed by atoms with Gasteiger partial charge in [0.1, 0.15) is 6.61 Å². The van der Waals surface area contributed by atoms with Crippen molar-refractivity contribution in [1.29, 1.82) is 0 Å². The highest BCUT2D eigenvalue weighted by atomic mass is 16.6. The average Bonchev–Trinajstić information content (AvgIpc) is 3.22. The molecular weight excluding hydrogens is 332 g/mol. The summed E-state index contributed by atoms with van der Waals surface area (Å²) in [5, 5.41) is 6.65. The van der Waals surface area contributed by atoms with E-state index in [1.807, 2.05) is 30.3 Å². The molecule has 0 saturated carbocycles. The molecule has 7 heteroatoms. The highest BCUT2D eigenvalue weighted by molar-refractivity contribution is 5.94. The van der Waals surface area contributed by atoms with E-state index in [0.29, 0.717) is 24.5 Å². The molecule has 1 amide bonds. The van der Waals surface area contributed by atoms with Gasteiger partial charge in [0, 0.05) is 25.0 Å². The number of pyridine rings is 1. The Hall–Kier alpha value is -3.35. The Kier molecular flexibility index (Phi) is 4.27. The van der Waals surface area contributed by atoms with Crippen molar-refractivity contribution in [2.45, 2.75) is 6.10 Å². The predicted molar refractivity (Wildman–Crippen MR) is 95.1 cm³/mol. The number of para-hydroxylation sites is 2. The van der Waals surface area contributed by atoms with E-state index in [-0.39, 0.29) is 12.0 Å². The fourth-order valence-electron chi connectivity index (χ4n) is 2.84. The Balaban J connectivity index is 1.40. The topological polar surface area (TPSA) is 80.3 Å². The minimum absolute atomic E-state index is 0.112. The number of aromatic nitrogens is 3. The van der Waals surface area contributed by atoms with Crippen LogP contribution in [0.1, 0.15) is 10.4 Å². The van der Waals surface area contributed by atoms with Crippen molar-refractivity contribution in [3.8, 4) is 22.8 Å². The van der Waals surface area contributed by atoms with Gasteiger partial charge in [0.2, 0.25) is 0 Å². The Bertz CT molecular complexity index is 893. The minimum Gasteiger partial charge on any atom is -0.486 e. The Morgan fingerprint density at radius 1 is 1.23 bits per heavy atom. The van der Waals surface area contributed by atoms with Gasteiger partial charge in [-0.15, -0.1) is 0 Å². The normalized spacial score (nSPS) is 15.5. The van der Waals surface area contributed by atoms with E-state index in [1.165, 1.54) is 0 Å². The molecule has 0 unspecified atom stereocenters. The van der Waals surface area contributed by atoms with Crippen LogP contribution in [0.4, 0.5) is 0 Å². The summed E-state index contributed by atoms with van der Waals surface area (Å²) in [7, 11) is 1.75. The van der Waals surface area contributed by atoms with Gasteiger partial charge in [-0.2, -0.15) is 5.10 Å². The second-order valence-corrected chi connectivity index (χ2v) is 6.10. The van der Waals surface area contributed by atoms with E-state index in [1.54, 1.807) is 36.6 Å². The molecule has 7 nitrogen and oxygen atoms in total. The molecule has 3 heterocycles. The molecule has 0 spiro atoms. The number of likely N-dealkylation sites (N-methyl/N-ethyl adjacent to an activating group) is 1. The summed E-state index contributed by atoms with van der Waals surface area (Å²) < 4.78 is 11.6. The lowest BCUT2D eigenvalue weighted by Crippen LogP contribution is -2.41. The van der Waals surface area contributed by atoms with Crippen LogP contribution in [0.25, 0.3) is 11.3 Å². The molecule has 0 fully saturated rings. The molecule has 4 rings (SSSR count). The van der Waals surface area contributed by atoms with Gasteiger partial charge in [-0.3, -0.25) is 14.9 Å². The lowest BCUT2D eigenvalue weighted by molar-refractivity contribution is 0.0520. The summed E-state index contributed by atoms with van der Waals surface area (Å²) in [6, 6.07) is 11.1. The summed E-state index contributed by atoms with van der Waals surface area (Å²) in [6.45, 7) is 0.836. The number of amides is 1. The van der Waals surface area contributed by atoms with E-state index in [9.17, 15) is 4.79 Å². The van der Waals surface area contributed by atoms with Crippen LogP contribution in [-0.2, 0) is 0 Å². The van der Waals surface area contributed by atoms with Gasteiger partial charge in [0.25, 0.3) is 5.91 Å². The second kappa shape index (κ2) is 6.87. The third kappa shape index (κ3) is 3.23. The van der Waals surface area contributed by atoms with Crippen molar-refractivity contribution in [3.05, 3.63) is 60.6 Å². The van der Waals surface area contributed by atoms with E-state index in [4.69, 9.17) is 9.47 Å². The highest BCUT2D eigenvalue weighted by Crippen LogP contribution is 2.31. The van der Waals surface area contributed by atoms with E-state index >= 15 is 0 Å². The number of hydrogen-bond donors (Lipinski definition) is 1.